The van der Waals surface area contributed by atoms with Crippen LogP contribution in [-0.2, 0) is 23.1 Å². The van der Waals surface area contributed by atoms with Gasteiger partial charge in [0.1, 0.15) is 0 Å². The number of carbonyl (C=O) groups is 1. The number of carbonyl (C=O) groups excluding carboxylic acids is 1. The van der Waals surface area contributed by atoms with E-state index in [-0.39, 0.29) is 10.8 Å². The molecule has 0 fully saturated rings. The zero-order valence-electron chi connectivity index (χ0n) is 17.8. The molecule has 0 aromatic heterocycles. The number of hydrogen-bond donors (Lipinski definition) is 3. The Morgan fingerprint density at radius 2 is 1.57 bits per heavy atom. The second-order valence-corrected chi connectivity index (χ2v) is 8.68. The lowest BCUT2D eigenvalue weighted by atomic mass is 10.1. The van der Waals surface area contributed by atoms with Crippen molar-refractivity contribution in [3.63, 3.8) is 0 Å². The van der Waals surface area contributed by atoms with Crippen LogP contribution in [0.5, 0.6) is 0 Å². The number of nitrogens with zero attached hydrogens (tertiary/aromatic N) is 2. The Morgan fingerprint density at radius 3 is 2.10 bits per heavy atom. The third-order valence-electron chi connectivity index (χ3n) is 4.33. The fraction of sp³-hybridized carbons (Fsp3) is 0.333. The first kappa shape index (κ1) is 23.4. The molecule has 162 valence electrons. The van der Waals surface area contributed by atoms with Crippen molar-refractivity contribution < 1.29 is 13.2 Å². The van der Waals surface area contributed by atoms with Gasteiger partial charge in [-0.25, -0.2) is 18.1 Å². The van der Waals surface area contributed by atoms with Gasteiger partial charge in [-0.1, -0.05) is 24.3 Å². The van der Waals surface area contributed by atoms with Gasteiger partial charge in [0.2, 0.25) is 10.0 Å². The van der Waals surface area contributed by atoms with Gasteiger partial charge in [-0.2, -0.15) is 0 Å². The molecule has 0 aliphatic rings. The summed E-state index contributed by atoms with van der Waals surface area (Å²) in [5.41, 5.74) is 2.56. The van der Waals surface area contributed by atoms with Gasteiger partial charge in [0.15, 0.2) is 5.96 Å². The number of guanidine groups is 1. The van der Waals surface area contributed by atoms with Crippen LogP contribution in [-0.4, -0.2) is 52.9 Å². The van der Waals surface area contributed by atoms with Crippen molar-refractivity contribution in [2.45, 2.75) is 24.9 Å². The molecule has 0 radical (unpaired) electrons. The number of amides is 1. The van der Waals surface area contributed by atoms with Crippen LogP contribution in [0, 0.1) is 0 Å². The number of benzene rings is 2. The lowest BCUT2D eigenvalue weighted by Crippen LogP contribution is -2.36. The topological polar surface area (TPSA) is 103 Å². The SMILES string of the molecule is CCNC(=NCc1ccc(C(=O)N(C)C)cc1)NCc1ccc(S(=O)(=O)NC)cc1. The average Bonchev–Trinajstić information content (AvgIpc) is 2.75. The summed E-state index contributed by atoms with van der Waals surface area (Å²) in [4.78, 5) is 18.3. The molecule has 0 heterocycles. The van der Waals surface area contributed by atoms with Gasteiger partial charge in [0, 0.05) is 32.7 Å². The Hall–Kier alpha value is -2.91. The molecule has 2 rings (SSSR count). The molecule has 9 heteroatoms. The van der Waals surface area contributed by atoms with E-state index in [4.69, 9.17) is 0 Å². The molecule has 0 aliphatic carbocycles. The minimum absolute atomic E-state index is 0.0337. The minimum atomic E-state index is -3.44. The minimum Gasteiger partial charge on any atom is -0.357 e. The van der Waals surface area contributed by atoms with Gasteiger partial charge in [0.05, 0.1) is 11.4 Å². The fourth-order valence-corrected chi connectivity index (χ4v) is 3.34. The molecule has 0 bridgehead atoms. The lowest BCUT2D eigenvalue weighted by molar-refractivity contribution is 0.0827. The van der Waals surface area contributed by atoms with E-state index in [0.717, 1.165) is 11.1 Å². The summed E-state index contributed by atoms with van der Waals surface area (Å²) in [6, 6.07) is 14.1. The predicted octanol–water partition coefficient (Wildman–Crippen LogP) is 1.55. The van der Waals surface area contributed by atoms with E-state index in [1.807, 2.05) is 19.1 Å². The first-order valence-corrected chi connectivity index (χ1v) is 11.1. The van der Waals surface area contributed by atoms with E-state index in [0.29, 0.717) is 31.2 Å². The third kappa shape index (κ3) is 6.57. The van der Waals surface area contributed by atoms with Crippen molar-refractivity contribution in [2.75, 3.05) is 27.7 Å². The monoisotopic (exact) mass is 431 g/mol. The summed E-state index contributed by atoms with van der Waals surface area (Å²) in [5.74, 6) is 0.617. The van der Waals surface area contributed by atoms with Crippen LogP contribution >= 0.6 is 0 Å². The summed E-state index contributed by atoms with van der Waals surface area (Å²) in [6.45, 7) is 3.66. The predicted molar refractivity (Wildman–Crippen MR) is 119 cm³/mol. The van der Waals surface area contributed by atoms with Gasteiger partial charge in [-0.3, -0.25) is 4.79 Å². The molecule has 0 saturated heterocycles. The highest BCUT2D eigenvalue weighted by Crippen LogP contribution is 2.10. The Kier molecular flexibility index (Phi) is 8.37. The first-order valence-electron chi connectivity index (χ1n) is 9.62. The van der Waals surface area contributed by atoms with Gasteiger partial charge >= 0.3 is 0 Å². The number of sulfonamides is 1. The summed E-state index contributed by atoms with van der Waals surface area (Å²) in [6.07, 6.45) is 0. The molecule has 1 amide bonds. The van der Waals surface area contributed by atoms with Gasteiger partial charge in [-0.15, -0.1) is 0 Å². The van der Waals surface area contributed by atoms with Crippen molar-refractivity contribution in [1.29, 1.82) is 0 Å². The van der Waals surface area contributed by atoms with Gasteiger partial charge < -0.3 is 15.5 Å². The Labute approximate surface area is 178 Å². The molecule has 8 nitrogen and oxygen atoms in total. The van der Waals surface area contributed by atoms with Crippen molar-refractivity contribution in [1.82, 2.24) is 20.3 Å². The Bertz CT molecular complexity index is 969. The van der Waals surface area contributed by atoms with E-state index in [1.165, 1.54) is 7.05 Å². The zero-order valence-corrected chi connectivity index (χ0v) is 18.6. The highest BCUT2D eigenvalue weighted by molar-refractivity contribution is 7.89. The Morgan fingerprint density at radius 1 is 0.967 bits per heavy atom. The van der Waals surface area contributed by atoms with E-state index in [2.05, 4.69) is 20.3 Å². The third-order valence-corrected chi connectivity index (χ3v) is 5.76. The molecule has 0 atom stereocenters. The van der Waals surface area contributed by atoms with Crippen LogP contribution in [0.2, 0.25) is 0 Å². The van der Waals surface area contributed by atoms with E-state index in [1.54, 1.807) is 55.4 Å². The normalized spacial score (nSPS) is 11.8. The maximum atomic E-state index is 12.0. The smallest absolute Gasteiger partial charge is 0.253 e. The fourth-order valence-electron chi connectivity index (χ4n) is 2.61. The number of hydrogen-bond acceptors (Lipinski definition) is 4. The highest BCUT2D eigenvalue weighted by Gasteiger charge is 2.10. The molecule has 0 saturated carbocycles. The number of rotatable bonds is 8. The molecular formula is C21H29N5O3S. The van der Waals surface area contributed by atoms with E-state index >= 15 is 0 Å². The van der Waals surface area contributed by atoms with Crippen LogP contribution in [0.1, 0.15) is 28.4 Å². The molecule has 2 aromatic carbocycles. The molecule has 30 heavy (non-hydrogen) atoms. The quantitative estimate of drug-likeness (QED) is 0.435. The lowest BCUT2D eigenvalue weighted by Gasteiger charge is -2.12. The number of aliphatic imine (C=N–C) groups is 1. The molecule has 2 aromatic rings. The summed E-state index contributed by atoms with van der Waals surface area (Å²) >= 11 is 0. The maximum absolute atomic E-state index is 12.0. The van der Waals surface area contributed by atoms with Crippen LogP contribution in [0.3, 0.4) is 0 Å². The van der Waals surface area contributed by atoms with Crippen LogP contribution in [0.25, 0.3) is 0 Å². The maximum Gasteiger partial charge on any atom is 0.253 e. The van der Waals surface area contributed by atoms with Gasteiger partial charge in [-0.05, 0) is 49.4 Å². The zero-order chi connectivity index (χ0) is 22.1. The van der Waals surface area contributed by atoms with Crippen LogP contribution in [0.15, 0.2) is 58.4 Å². The van der Waals surface area contributed by atoms with Crippen LogP contribution in [0.4, 0.5) is 0 Å². The highest BCUT2D eigenvalue weighted by atomic mass is 32.2. The van der Waals surface area contributed by atoms with Gasteiger partial charge in [0.25, 0.3) is 5.91 Å². The van der Waals surface area contributed by atoms with Crippen LogP contribution < -0.4 is 15.4 Å². The standard InChI is InChI=1S/C21H29N5O3S/c1-5-23-21(24-14-16-6-10-18(11-7-16)20(27)26(3)4)25-15-17-8-12-19(13-9-17)30(28,29)22-2/h6-13,22H,5,14-15H2,1-4H3,(H2,23,24,25). The average molecular weight is 432 g/mol. The van der Waals surface area contributed by atoms with Crippen molar-refractivity contribution >= 4 is 21.9 Å². The van der Waals surface area contributed by atoms with Crippen molar-refractivity contribution in [3.05, 3.63) is 65.2 Å². The molecular weight excluding hydrogens is 402 g/mol. The number of nitrogens with one attached hydrogen (secondary N) is 3. The van der Waals surface area contributed by atoms with E-state index < -0.39 is 10.0 Å². The molecule has 0 unspecified atom stereocenters. The molecule has 0 spiro atoms. The Balaban J connectivity index is 2.00. The van der Waals surface area contributed by atoms with Crippen molar-refractivity contribution in [3.8, 4) is 0 Å². The summed E-state index contributed by atoms with van der Waals surface area (Å²) < 4.78 is 25.9. The largest absolute Gasteiger partial charge is 0.357 e. The second kappa shape index (κ2) is 10.7. The molecule has 3 N–H and O–H groups in total. The molecule has 0 aliphatic heterocycles. The summed E-state index contributed by atoms with van der Waals surface area (Å²) in [7, 11) is 1.40. The first-order chi connectivity index (χ1) is 14.3. The van der Waals surface area contributed by atoms with Crippen molar-refractivity contribution in [2.24, 2.45) is 4.99 Å². The van der Waals surface area contributed by atoms with E-state index in [9.17, 15) is 13.2 Å². The summed E-state index contributed by atoms with van der Waals surface area (Å²) in [5, 5.41) is 6.42. The second-order valence-electron chi connectivity index (χ2n) is 6.80.